The van der Waals surface area contributed by atoms with E-state index >= 15 is 0 Å². The number of nitrogens with two attached hydrogens (primary N) is 1. The molecule has 2 nitrogen and oxygen atoms in total. The zero-order valence-electron chi connectivity index (χ0n) is 12.7. The van der Waals surface area contributed by atoms with Crippen molar-refractivity contribution in [3.63, 3.8) is 0 Å². The lowest BCUT2D eigenvalue weighted by Crippen LogP contribution is -2.21. The predicted molar refractivity (Wildman–Crippen MR) is 92.5 cm³/mol. The van der Waals surface area contributed by atoms with E-state index in [2.05, 4.69) is 43.0 Å². The first-order valence-corrected chi connectivity index (χ1v) is 7.90. The molecule has 0 aliphatic carbocycles. The lowest BCUT2D eigenvalue weighted by molar-refractivity contribution is 0.646. The zero-order chi connectivity index (χ0) is 15.2. The lowest BCUT2D eigenvalue weighted by Gasteiger charge is -2.25. The highest BCUT2D eigenvalue weighted by Gasteiger charge is 2.12. The number of halogens is 1. The van der Waals surface area contributed by atoms with Crippen LogP contribution in [0.1, 0.15) is 25.8 Å². The summed E-state index contributed by atoms with van der Waals surface area (Å²) >= 11 is 6.50. The van der Waals surface area contributed by atoms with E-state index in [9.17, 15) is 0 Å². The van der Waals surface area contributed by atoms with E-state index in [-0.39, 0.29) is 6.04 Å². The highest BCUT2D eigenvalue weighted by molar-refractivity contribution is 6.33. The van der Waals surface area contributed by atoms with E-state index < -0.39 is 0 Å². The number of benzene rings is 2. The van der Waals surface area contributed by atoms with Gasteiger partial charge in [-0.1, -0.05) is 42.8 Å². The molecule has 21 heavy (non-hydrogen) atoms. The molecule has 2 rings (SSSR count). The quantitative estimate of drug-likeness (QED) is 0.832. The van der Waals surface area contributed by atoms with Crippen LogP contribution in [-0.2, 0) is 6.42 Å². The van der Waals surface area contributed by atoms with Gasteiger partial charge in [0.2, 0.25) is 0 Å². The summed E-state index contributed by atoms with van der Waals surface area (Å²) in [6, 6.07) is 16.8. The molecule has 0 saturated carbocycles. The molecule has 112 valence electrons. The van der Waals surface area contributed by atoms with Crippen molar-refractivity contribution in [1.82, 2.24) is 0 Å². The number of hydrogen-bond donors (Lipinski definition) is 1. The Hall–Kier alpha value is -1.51. The molecule has 0 amide bonds. The molecule has 1 atom stereocenters. The third-order valence-corrected chi connectivity index (χ3v) is 4.01. The van der Waals surface area contributed by atoms with Gasteiger partial charge in [-0.15, -0.1) is 0 Å². The standard InChI is InChI=1S/C18H23ClN2/c1-3-15(20)12-14-10-11-18(17(19)13-14)21(4-2)16-8-6-5-7-9-16/h5-11,13,15H,3-4,12,20H2,1-2H3. The first-order valence-electron chi connectivity index (χ1n) is 7.52. The van der Waals surface area contributed by atoms with Crippen molar-refractivity contribution < 1.29 is 0 Å². The van der Waals surface area contributed by atoms with E-state index in [0.29, 0.717) is 0 Å². The summed E-state index contributed by atoms with van der Waals surface area (Å²) in [6.45, 7) is 5.11. The first-order chi connectivity index (χ1) is 10.2. The van der Waals surface area contributed by atoms with Gasteiger partial charge in [0, 0.05) is 18.3 Å². The molecule has 0 aliphatic rings. The van der Waals surface area contributed by atoms with Gasteiger partial charge in [0.25, 0.3) is 0 Å². The Labute approximate surface area is 132 Å². The van der Waals surface area contributed by atoms with Crippen molar-refractivity contribution in [3.8, 4) is 0 Å². The van der Waals surface area contributed by atoms with Crippen LogP contribution in [0.2, 0.25) is 5.02 Å². The third kappa shape index (κ3) is 3.99. The maximum Gasteiger partial charge on any atom is 0.0645 e. The second kappa shape index (κ2) is 7.48. The summed E-state index contributed by atoms with van der Waals surface area (Å²) in [5.74, 6) is 0. The van der Waals surface area contributed by atoms with Crippen LogP contribution in [0, 0.1) is 0 Å². The highest BCUT2D eigenvalue weighted by atomic mass is 35.5. The molecule has 2 aromatic rings. The Balaban J connectivity index is 2.27. The summed E-state index contributed by atoms with van der Waals surface area (Å²) in [5, 5.41) is 0.779. The van der Waals surface area contributed by atoms with E-state index in [1.54, 1.807) is 0 Å². The Morgan fingerprint density at radius 2 is 1.81 bits per heavy atom. The molecule has 2 N–H and O–H groups in total. The number of rotatable bonds is 6. The SMILES string of the molecule is CCC(N)Cc1ccc(N(CC)c2ccccc2)c(Cl)c1. The largest absolute Gasteiger partial charge is 0.341 e. The van der Waals surface area contributed by atoms with Crippen LogP contribution in [-0.4, -0.2) is 12.6 Å². The summed E-state index contributed by atoms with van der Waals surface area (Å²) in [5.41, 5.74) is 9.41. The Kier molecular flexibility index (Phi) is 5.66. The van der Waals surface area contributed by atoms with Gasteiger partial charge in [0.05, 0.1) is 10.7 Å². The molecule has 3 heteroatoms. The van der Waals surface area contributed by atoms with Crippen LogP contribution in [0.4, 0.5) is 11.4 Å². The monoisotopic (exact) mass is 302 g/mol. The van der Waals surface area contributed by atoms with Crippen molar-refractivity contribution in [2.45, 2.75) is 32.7 Å². The number of anilines is 2. The average Bonchev–Trinajstić information content (AvgIpc) is 2.51. The van der Waals surface area contributed by atoms with E-state index in [0.717, 1.165) is 35.8 Å². The molecule has 0 radical (unpaired) electrons. The minimum atomic E-state index is 0.198. The van der Waals surface area contributed by atoms with Crippen LogP contribution in [0.5, 0.6) is 0 Å². The van der Waals surface area contributed by atoms with Crippen molar-refractivity contribution in [3.05, 3.63) is 59.1 Å². The topological polar surface area (TPSA) is 29.3 Å². The Morgan fingerprint density at radius 3 is 2.38 bits per heavy atom. The zero-order valence-corrected chi connectivity index (χ0v) is 13.5. The van der Waals surface area contributed by atoms with Crippen molar-refractivity contribution in [2.24, 2.45) is 5.73 Å². The fourth-order valence-electron chi connectivity index (χ4n) is 2.44. The van der Waals surface area contributed by atoms with Crippen molar-refractivity contribution in [2.75, 3.05) is 11.4 Å². The molecule has 0 bridgehead atoms. The molecule has 0 spiro atoms. The van der Waals surface area contributed by atoms with E-state index in [4.69, 9.17) is 17.3 Å². The van der Waals surface area contributed by atoms with Gasteiger partial charge in [-0.05, 0) is 49.6 Å². The molecular weight excluding hydrogens is 280 g/mol. The van der Waals surface area contributed by atoms with Gasteiger partial charge in [-0.25, -0.2) is 0 Å². The second-order valence-corrected chi connectivity index (χ2v) is 5.65. The smallest absolute Gasteiger partial charge is 0.0645 e. The summed E-state index contributed by atoms with van der Waals surface area (Å²) in [4.78, 5) is 2.21. The molecule has 0 saturated heterocycles. The molecule has 2 aromatic carbocycles. The van der Waals surface area contributed by atoms with Gasteiger partial charge in [-0.3, -0.25) is 0 Å². The summed E-state index contributed by atoms with van der Waals surface area (Å²) < 4.78 is 0. The molecule has 0 fully saturated rings. The van der Waals surface area contributed by atoms with Crippen LogP contribution in [0.3, 0.4) is 0 Å². The summed E-state index contributed by atoms with van der Waals surface area (Å²) in [6.07, 6.45) is 1.85. The maximum absolute atomic E-state index is 6.50. The van der Waals surface area contributed by atoms with Gasteiger partial charge in [-0.2, -0.15) is 0 Å². The van der Waals surface area contributed by atoms with E-state index in [1.165, 1.54) is 5.56 Å². The fourth-order valence-corrected chi connectivity index (χ4v) is 2.75. The second-order valence-electron chi connectivity index (χ2n) is 5.24. The van der Waals surface area contributed by atoms with E-state index in [1.807, 2.05) is 24.3 Å². The molecule has 0 aromatic heterocycles. The van der Waals surface area contributed by atoms with Crippen LogP contribution in [0.15, 0.2) is 48.5 Å². The normalized spacial score (nSPS) is 12.2. The van der Waals surface area contributed by atoms with Crippen LogP contribution in [0.25, 0.3) is 0 Å². The van der Waals surface area contributed by atoms with Crippen molar-refractivity contribution >= 4 is 23.0 Å². The van der Waals surface area contributed by atoms with Gasteiger partial charge in [0.15, 0.2) is 0 Å². The van der Waals surface area contributed by atoms with Crippen molar-refractivity contribution in [1.29, 1.82) is 0 Å². The molecule has 0 heterocycles. The first kappa shape index (κ1) is 15.9. The third-order valence-electron chi connectivity index (χ3n) is 3.71. The lowest BCUT2D eigenvalue weighted by atomic mass is 10.0. The number of hydrogen-bond acceptors (Lipinski definition) is 2. The van der Waals surface area contributed by atoms with Gasteiger partial charge in [0.1, 0.15) is 0 Å². The van der Waals surface area contributed by atoms with Crippen LogP contribution < -0.4 is 10.6 Å². The summed E-state index contributed by atoms with van der Waals surface area (Å²) in [7, 11) is 0. The molecular formula is C18H23ClN2. The minimum Gasteiger partial charge on any atom is -0.341 e. The average molecular weight is 303 g/mol. The fraction of sp³-hybridized carbons (Fsp3) is 0.333. The maximum atomic E-state index is 6.50. The minimum absolute atomic E-state index is 0.198. The molecule has 1 unspecified atom stereocenters. The Morgan fingerprint density at radius 1 is 1.10 bits per heavy atom. The van der Waals surface area contributed by atoms with Crippen LogP contribution >= 0.6 is 11.6 Å². The predicted octanol–water partition coefficient (Wildman–Crippen LogP) is 4.78. The van der Waals surface area contributed by atoms with Gasteiger partial charge >= 0.3 is 0 Å². The highest BCUT2D eigenvalue weighted by Crippen LogP contribution is 2.32. The molecule has 0 aliphatic heterocycles. The van der Waals surface area contributed by atoms with Gasteiger partial charge < -0.3 is 10.6 Å². The Bertz CT molecular complexity index is 569. The number of para-hydroxylation sites is 1. The number of nitrogens with zero attached hydrogens (tertiary/aromatic N) is 1.